The predicted molar refractivity (Wildman–Crippen MR) is 531 cm³/mol. The molecule has 1 saturated heterocycles. The van der Waals surface area contributed by atoms with Crippen LogP contribution >= 0.6 is 35.3 Å². The number of H-pyrrole nitrogens is 2. The lowest BCUT2D eigenvalue weighted by Crippen LogP contribution is -2.61. The third kappa shape index (κ3) is 30.2. The van der Waals surface area contributed by atoms with Gasteiger partial charge in [0.1, 0.15) is 60.2 Å². The predicted octanol–water partition coefficient (Wildman–Crippen LogP) is 2.22. The fraction of sp³-hybridized carbons (Fsp3) is 0.495. The maximum atomic E-state index is 15.7. The number of nitrogens with one attached hydrogen (secondary N) is 11. The molecule has 39 nitrogen and oxygen atoms in total. The van der Waals surface area contributed by atoms with Crippen LogP contribution in [0.5, 0.6) is 0 Å². The van der Waals surface area contributed by atoms with Crippen molar-refractivity contribution in [3.8, 4) is 0 Å². The molecular weight excluding hydrogens is 1920 g/mol. The quantitative estimate of drug-likeness (QED) is 0.0742. The SMILES string of the molecule is CC[C@@H]1CC(=O)[C@H]([C@@H](C)O)NC(=O)[C@@H](CC(=O)[C@H](C)N)CSCCS(=O)(=O)N2Cc3cccc(c3)CN3Cc4cccc(c4)CN(Cc4cccc(c4)C2)S(=O)(=O)CCSC[C@H](NC1=O)C(=O)N[C@@H](Cc1c[nH]c2ccccc12)C(=O)N[C@@H](C(C)C)C(=O)N[C@@H](CC(=O)O)C(=O)NCC(=O)N[C@@H](Cc1c[nH]c2ccccc12)C(=O)N[C@@H](C(C)C)C(=O)N1CCC[C@H]1C(=O)N[C@H](C(N)=O)CSCCS3(=O)=O. The summed E-state index contributed by atoms with van der Waals surface area (Å²) in [5, 5.41) is 46.4. The molecular formula is C95H125N17O22S6. The molecule has 16 atom stereocenters. The van der Waals surface area contributed by atoms with Crippen molar-refractivity contribution in [1.29, 1.82) is 0 Å². The number of carboxylic acids is 1. The molecule has 758 valence electrons. The van der Waals surface area contributed by atoms with E-state index in [-0.39, 0.29) is 100 Å². The number of hydrogen-bond donors (Lipinski definition) is 15. The van der Waals surface area contributed by atoms with Crippen molar-refractivity contribution < 1.29 is 103 Å². The number of amides is 11. The molecule has 11 amide bonds. The molecule has 7 aromatic rings. The number of aromatic nitrogens is 2. The molecule has 17 N–H and O–H groups in total. The zero-order valence-corrected chi connectivity index (χ0v) is 83.9. The van der Waals surface area contributed by atoms with Crippen molar-refractivity contribution in [3.63, 3.8) is 0 Å². The average Bonchev–Trinajstić information content (AvgIpc) is 0.829. The van der Waals surface area contributed by atoms with Gasteiger partial charge in [-0.2, -0.15) is 48.2 Å². The van der Waals surface area contributed by atoms with Gasteiger partial charge in [0.2, 0.25) is 95.0 Å². The summed E-state index contributed by atoms with van der Waals surface area (Å²) in [7, 11) is -13.3. The number of aliphatic hydroxyl groups excluding tert-OH is 1. The van der Waals surface area contributed by atoms with Crippen molar-refractivity contribution in [2.75, 3.05) is 64.9 Å². The molecule has 5 aromatic carbocycles. The molecule has 0 spiro atoms. The van der Waals surface area contributed by atoms with Gasteiger partial charge in [-0.15, -0.1) is 0 Å². The number of sulfonamides is 3. The first kappa shape index (κ1) is 109. The Kier molecular flexibility index (Phi) is 39.0. The molecule has 140 heavy (non-hydrogen) atoms. The summed E-state index contributed by atoms with van der Waals surface area (Å²) in [6, 6.07) is 18.4. The number of primary amides is 1. The van der Waals surface area contributed by atoms with E-state index >= 15 is 44.4 Å². The number of fused-ring (bicyclic) bond motifs is 12. The Bertz CT molecular complexity index is 6060. The Hall–Kier alpha value is -11.1. The lowest BCUT2D eigenvalue weighted by atomic mass is 9.92. The highest BCUT2D eigenvalue weighted by Gasteiger charge is 2.43. The molecule has 11 rings (SSSR count). The molecule has 10 bridgehead atoms. The zero-order chi connectivity index (χ0) is 102. The smallest absolute Gasteiger partial charge is 0.305 e. The number of para-hydroxylation sites is 2. The summed E-state index contributed by atoms with van der Waals surface area (Å²) in [4.78, 5) is 211. The number of aromatic amines is 2. The Balaban J connectivity index is 1.00. The highest BCUT2D eigenvalue weighted by atomic mass is 32.2. The van der Waals surface area contributed by atoms with Gasteiger partial charge in [0.25, 0.3) is 0 Å². The second-order valence-electron chi connectivity index (χ2n) is 36.5. The molecule has 1 fully saturated rings. The van der Waals surface area contributed by atoms with Gasteiger partial charge in [-0.25, -0.2) is 25.3 Å². The summed E-state index contributed by atoms with van der Waals surface area (Å²) >= 11 is 2.83. The van der Waals surface area contributed by atoms with E-state index in [9.17, 15) is 58.2 Å². The van der Waals surface area contributed by atoms with Crippen molar-refractivity contribution >= 4 is 170 Å². The number of aliphatic hydroxyl groups is 1. The van der Waals surface area contributed by atoms with E-state index in [4.69, 9.17) is 11.5 Å². The average molecular weight is 2050 g/mol. The summed E-state index contributed by atoms with van der Waals surface area (Å²) in [6.07, 6.45) is -1.06. The van der Waals surface area contributed by atoms with E-state index in [1.165, 1.54) is 45.5 Å². The normalized spacial score (nSPS) is 26.3. The van der Waals surface area contributed by atoms with Crippen LogP contribution in [0, 0.1) is 23.7 Å². The standard InChI is InChI=1S/C95H125N17O22S6/c1-8-65-40-80(115)85(58(7)113)108-88(121)68(41-79(114)57(6)96)52-135-29-32-138(129,130)109-46-59-17-13-19-61(35-59)48-110-49-62-20-15-22-64(37-62)51-111(50-63-21-14-18-60(36-63)47-109)140(133,134)34-31-137-54-77(105-87(65)120)92(125)102-74(39-67-44-99-72-26-12-10-24-70(67)72)91(124)106-83(55(2)3)94(127)103-75(42-82(117)118)89(122)100-45-81(116)101-73(38-66-43-98-71-25-11-9-23-69(66)71)90(123)107-84(56(4)5)95(128)112-28-16-27-78(112)93(126)104-76(86(97)119)53-136-30-33-139(110,131)132/h9-15,17-26,35-37,43-44,55-58,65,68,73-78,83-85,98-99,113H,8,16,27-34,38-42,45-54,96H2,1-7H3,(H2,97,119)(H,100,122)(H,101,116)(H,102,125)(H,103,127)(H,104,126)(H,105,120)(H,106,124)(H,107,123)(H,108,121)(H,117,118)/t57-,58+,65+,68-,73-,74-,75-,76-,77-,78-,83-,84-,85-/m0/s1. The van der Waals surface area contributed by atoms with Gasteiger partial charge in [-0.1, -0.05) is 144 Å². The molecule has 6 heterocycles. The van der Waals surface area contributed by atoms with Gasteiger partial charge in [0, 0.05) is 146 Å². The van der Waals surface area contributed by atoms with E-state index in [0.29, 0.717) is 72.7 Å². The highest BCUT2D eigenvalue weighted by Crippen LogP contribution is 2.30. The van der Waals surface area contributed by atoms with Crippen LogP contribution in [0.15, 0.2) is 134 Å². The Labute approximate surface area is 826 Å². The van der Waals surface area contributed by atoms with E-state index in [1.54, 1.807) is 154 Å². The van der Waals surface area contributed by atoms with Crippen molar-refractivity contribution in [3.05, 3.63) is 178 Å². The fourth-order valence-corrected chi connectivity index (χ4v) is 25.8. The summed E-state index contributed by atoms with van der Waals surface area (Å²) in [5.74, 6) is -21.5. The Morgan fingerprint density at radius 3 is 1.38 bits per heavy atom. The third-order valence-electron chi connectivity index (χ3n) is 24.9. The van der Waals surface area contributed by atoms with Gasteiger partial charge in [-0.05, 0) is 102 Å². The minimum atomic E-state index is -4.53. The first-order valence-corrected chi connectivity index (χ1v) is 54.7. The lowest BCUT2D eigenvalue weighted by Gasteiger charge is -2.32. The maximum Gasteiger partial charge on any atom is 0.305 e. The van der Waals surface area contributed by atoms with Gasteiger partial charge in [-0.3, -0.25) is 67.1 Å². The van der Waals surface area contributed by atoms with Crippen LogP contribution in [-0.2, 0) is 149 Å². The summed E-state index contributed by atoms with van der Waals surface area (Å²) in [6.45, 7) is 7.58. The van der Waals surface area contributed by atoms with Crippen molar-refractivity contribution in [1.82, 2.24) is 75.6 Å². The topological polar surface area (TPSA) is 587 Å². The monoisotopic (exact) mass is 2050 g/mol. The lowest BCUT2D eigenvalue weighted by molar-refractivity contribution is -0.143. The van der Waals surface area contributed by atoms with Crippen LogP contribution < -0.4 is 59.3 Å². The van der Waals surface area contributed by atoms with E-state index in [1.807, 2.05) is 0 Å². The highest BCUT2D eigenvalue weighted by molar-refractivity contribution is 8.01. The Morgan fingerprint density at radius 2 is 0.921 bits per heavy atom. The maximum absolute atomic E-state index is 15.7. The molecule has 2 aromatic heterocycles. The van der Waals surface area contributed by atoms with Crippen LogP contribution in [-0.4, -0.2) is 277 Å². The van der Waals surface area contributed by atoms with E-state index in [2.05, 4.69) is 57.8 Å². The van der Waals surface area contributed by atoms with Crippen molar-refractivity contribution in [2.45, 2.75) is 206 Å². The molecule has 4 aliphatic heterocycles. The van der Waals surface area contributed by atoms with Gasteiger partial charge in [0.15, 0.2) is 5.78 Å². The second-order valence-corrected chi connectivity index (χ2v) is 46.2. The van der Waals surface area contributed by atoms with Gasteiger partial charge >= 0.3 is 5.97 Å². The number of nitrogens with zero attached hydrogens (tertiary/aromatic N) is 4. The largest absolute Gasteiger partial charge is 0.481 e. The van der Waals surface area contributed by atoms with E-state index in [0.717, 1.165) is 35.3 Å². The number of carbonyl (C=O) groups is 14. The van der Waals surface area contributed by atoms with Gasteiger partial charge < -0.3 is 84.4 Å². The number of rotatable bonds is 14. The molecule has 0 radical (unpaired) electrons. The molecule has 0 aliphatic carbocycles. The number of nitrogens with two attached hydrogens (primary N) is 2. The third-order valence-corrected chi connectivity index (χ3v) is 34.3. The van der Waals surface area contributed by atoms with Crippen LogP contribution in [0.4, 0.5) is 0 Å². The zero-order valence-electron chi connectivity index (χ0n) is 79.0. The molecule has 4 aliphatic rings. The molecule has 45 heteroatoms. The van der Waals surface area contributed by atoms with Gasteiger partial charge in [0.05, 0.1) is 48.3 Å². The molecule has 3 unspecified atom stereocenters. The minimum Gasteiger partial charge on any atom is -0.481 e. The number of thioether (sulfide) groups is 3. The number of carboxylic acid groups (broad SMARTS) is 1. The fourth-order valence-electron chi connectivity index (χ4n) is 17.0. The number of hydrogen-bond acceptors (Lipinski definition) is 25. The number of Topliss-reactive ketones (excluding diaryl/α,β-unsaturated/α-hetero) is 2. The van der Waals surface area contributed by atoms with Crippen molar-refractivity contribution in [2.24, 2.45) is 35.1 Å². The summed E-state index contributed by atoms with van der Waals surface area (Å²) < 4.78 is 95.7. The van der Waals surface area contributed by atoms with E-state index < -0.39 is 252 Å². The minimum absolute atomic E-state index is 0.0116. The number of carbonyl (C=O) groups excluding carboxylic acids is 13. The molecule has 0 saturated carbocycles. The van der Waals surface area contributed by atoms with Crippen LogP contribution in [0.2, 0.25) is 0 Å². The Morgan fingerprint density at radius 1 is 0.479 bits per heavy atom. The van der Waals surface area contributed by atoms with Crippen LogP contribution in [0.3, 0.4) is 0 Å². The number of ketones is 2. The number of aliphatic carboxylic acids is 1. The second kappa shape index (κ2) is 50.0. The summed E-state index contributed by atoms with van der Waals surface area (Å²) in [5.41, 5.74) is 16.7. The first-order chi connectivity index (χ1) is 66.4. The first-order valence-electron chi connectivity index (χ1n) is 46.4. The van der Waals surface area contributed by atoms with Crippen LogP contribution in [0.25, 0.3) is 21.8 Å². The number of benzene rings is 5. The van der Waals surface area contributed by atoms with Crippen LogP contribution in [0.1, 0.15) is 131 Å².